The summed E-state index contributed by atoms with van der Waals surface area (Å²) >= 11 is 0. The topological polar surface area (TPSA) is 318 Å². The normalized spacial score (nSPS) is 14.0. The van der Waals surface area contributed by atoms with Crippen LogP contribution in [0.25, 0.3) is 0 Å². The fraction of sp³-hybridized carbons (Fsp3) is 0.714. The van der Waals surface area contributed by atoms with Crippen molar-refractivity contribution in [2.75, 3.05) is 26.2 Å². The molecule has 0 unspecified atom stereocenters. The molecule has 17 nitrogen and oxygen atoms in total. The Hall–Kier alpha value is -3.48. The van der Waals surface area contributed by atoms with E-state index in [1.807, 2.05) is 0 Å². The van der Waals surface area contributed by atoms with Crippen molar-refractivity contribution in [3.05, 3.63) is 12.2 Å². The molecule has 0 saturated heterocycles. The fourth-order valence-electron chi connectivity index (χ4n) is 3.55. The maximum Gasteiger partial charge on any atom is 0.324 e. The molecule has 14 N–H and O–H groups in total. The number of hydroxylamine groups is 1. The molecular formula is C28H53N7O10. The van der Waals surface area contributed by atoms with Crippen molar-refractivity contribution in [3.8, 4) is 0 Å². The van der Waals surface area contributed by atoms with E-state index < -0.39 is 42.0 Å². The standard InChI is InChI=1S/C16H25N3O6.2C6H14N2O2/c17-10-4-3-6-12(16(23)24)18-25-15(22)7-2-1-5-11-19-13(20)8-9-14(19)21;2*7-4-2-1-3-5(8)6(9)10/h8-9,12,18H,1-7,10-11,17H2,(H,23,24);2*5H,1-4,7-8H2,(H,9,10)/t12-;2*5-/m000/s1. The van der Waals surface area contributed by atoms with Crippen LogP contribution in [0.15, 0.2) is 12.2 Å². The summed E-state index contributed by atoms with van der Waals surface area (Å²) < 4.78 is 0. The molecule has 0 aromatic carbocycles. The van der Waals surface area contributed by atoms with Gasteiger partial charge in [0.05, 0.1) is 0 Å². The third-order valence-corrected chi connectivity index (χ3v) is 6.30. The molecule has 1 rings (SSSR count). The number of nitrogens with one attached hydrogen (secondary N) is 1. The molecule has 0 aliphatic carbocycles. The lowest BCUT2D eigenvalue weighted by molar-refractivity contribution is -0.158. The van der Waals surface area contributed by atoms with Crippen molar-refractivity contribution >= 4 is 35.7 Å². The van der Waals surface area contributed by atoms with Crippen LogP contribution in [0.3, 0.4) is 0 Å². The van der Waals surface area contributed by atoms with Gasteiger partial charge in [0, 0.05) is 25.1 Å². The van der Waals surface area contributed by atoms with E-state index >= 15 is 0 Å². The van der Waals surface area contributed by atoms with Crippen molar-refractivity contribution in [2.45, 2.75) is 102 Å². The zero-order valence-electron chi connectivity index (χ0n) is 25.9. The van der Waals surface area contributed by atoms with Gasteiger partial charge in [0.1, 0.15) is 18.1 Å². The lowest BCUT2D eigenvalue weighted by atomic mass is 10.1. The number of rotatable bonds is 23. The number of hydrogen-bond donors (Lipinski definition) is 9. The number of nitrogens with two attached hydrogens (primary N) is 5. The number of hydrogen-bond acceptors (Lipinski definition) is 13. The van der Waals surface area contributed by atoms with Gasteiger partial charge in [-0.15, -0.1) is 5.48 Å². The lowest BCUT2D eigenvalue weighted by Crippen LogP contribution is -2.38. The Kier molecular flexibility index (Phi) is 27.2. The first kappa shape index (κ1) is 43.6. The molecule has 2 amide bonds. The monoisotopic (exact) mass is 647 g/mol. The fourth-order valence-corrected chi connectivity index (χ4v) is 3.55. The van der Waals surface area contributed by atoms with E-state index in [4.69, 9.17) is 48.8 Å². The largest absolute Gasteiger partial charge is 0.480 e. The summed E-state index contributed by atoms with van der Waals surface area (Å²) in [6.45, 7) is 2.01. The molecular weight excluding hydrogens is 594 g/mol. The van der Waals surface area contributed by atoms with E-state index in [2.05, 4.69) is 5.48 Å². The van der Waals surface area contributed by atoms with Crippen LogP contribution in [0.5, 0.6) is 0 Å². The molecule has 0 spiro atoms. The number of carbonyl (C=O) groups excluding carboxylic acids is 3. The van der Waals surface area contributed by atoms with E-state index in [1.54, 1.807) is 0 Å². The average Bonchev–Trinajstić information content (AvgIpc) is 3.31. The molecule has 0 saturated carbocycles. The Balaban J connectivity index is 0. The summed E-state index contributed by atoms with van der Waals surface area (Å²) in [5, 5.41) is 25.7. The minimum atomic E-state index is -1.08. The second-order valence-corrected chi connectivity index (χ2v) is 10.2. The van der Waals surface area contributed by atoms with Crippen LogP contribution in [0.2, 0.25) is 0 Å². The van der Waals surface area contributed by atoms with Gasteiger partial charge in [0.25, 0.3) is 11.8 Å². The predicted molar refractivity (Wildman–Crippen MR) is 165 cm³/mol. The zero-order valence-corrected chi connectivity index (χ0v) is 25.9. The zero-order chi connectivity index (χ0) is 34.6. The average molecular weight is 648 g/mol. The van der Waals surface area contributed by atoms with Crippen molar-refractivity contribution < 1.29 is 48.9 Å². The third kappa shape index (κ3) is 24.5. The van der Waals surface area contributed by atoms with Crippen LogP contribution in [-0.2, 0) is 33.6 Å². The maximum absolute atomic E-state index is 11.6. The summed E-state index contributed by atoms with van der Waals surface area (Å²) in [5.41, 5.74) is 28.5. The lowest BCUT2D eigenvalue weighted by Gasteiger charge is -2.14. The summed E-state index contributed by atoms with van der Waals surface area (Å²) in [6, 6.07) is -2.38. The van der Waals surface area contributed by atoms with Gasteiger partial charge >= 0.3 is 23.9 Å². The van der Waals surface area contributed by atoms with E-state index in [-0.39, 0.29) is 18.2 Å². The van der Waals surface area contributed by atoms with Gasteiger partial charge in [0.2, 0.25) is 0 Å². The van der Waals surface area contributed by atoms with Crippen molar-refractivity contribution in [1.29, 1.82) is 0 Å². The van der Waals surface area contributed by atoms with E-state index in [0.29, 0.717) is 77.5 Å². The van der Waals surface area contributed by atoms with Gasteiger partial charge in [-0.3, -0.25) is 33.7 Å². The van der Waals surface area contributed by atoms with E-state index in [9.17, 15) is 28.8 Å². The molecule has 17 heteroatoms. The summed E-state index contributed by atoms with van der Waals surface area (Å²) in [4.78, 5) is 71.5. The van der Waals surface area contributed by atoms with Crippen LogP contribution < -0.4 is 34.1 Å². The first-order valence-electron chi connectivity index (χ1n) is 15.1. The van der Waals surface area contributed by atoms with Crippen LogP contribution in [-0.4, -0.2) is 100 Å². The van der Waals surface area contributed by atoms with Crippen LogP contribution in [0, 0.1) is 0 Å². The molecule has 0 aromatic heterocycles. The first-order valence-corrected chi connectivity index (χ1v) is 15.1. The molecule has 1 aliphatic heterocycles. The van der Waals surface area contributed by atoms with Crippen LogP contribution >= 0.6 is 0 Å². The highest BCUT2D eigenvalue weighted by Gasteiger charge is 2.22. The molecule has 0 aromatic rings. The highest BCUT2D eigenvalue weighted by Crippen LogP contribution is 2.08. The molecule has 45 heavy (non-hydrogen) atoms. The number of carbonyl (C=O) groups is 6. The minimum Gasteiger partial charge on any atom is -0.480 e. The molecule has 0 fully saturated rings. The van der Waals surface area contributed by atoms with Crippen LogP contribution in [0.4, 0.5) is 0 Å². The Bertz CT molecular complexity index is 876. The van der Waals surface area contributed by atoms with E-state index in [0.717, 1.165) is 30.6 Å². The number of amides is 2. The molecule has 1 aliphatic rings. The number of imide groups is 1. The van der Waals surface area contributed by atoms with Gasteiger partial charge in [0.15, 0.2) is 0 Å². The third-order valence-electron chi connectivity index (χ3n) is 6.30. The molecule has 1 heterocycles. The SMILES string of the molecule is NCCCC[C@H](N)C(=O)O.NCCCC[C@H](N)C(=O)O.NCCCC[C@H](NOC(=O)CCCCCN1C(=O)C=CC1=O)C(=O)O. The maximum atomic E-state index is 11.6. The summed E-state index contributed by atoms with van der Waals surface area (Å²) in [5.74, 6) is -4.13. The Labute approximate surface area is 263 Å². The molecule has 0 radical (unpaired) electrons. The van der Waals surface area contributed by atoms with Crippen molar-refractivity contribution in [2.24, 2.45) is 28.7 Å². The molecule has 3 atom stereocenters. The van der Waals surface area contributed by atoms with Gasteiger partial charge in [-0.05, 0) is 77.4 Å². The van der Waals surface area contributed by atoms with Gasteiger partial charge < -0.3 is 48.8 Å². The van der Waals surface area contributed by atoms with Crippen LogP contribution in [0.1, 0.15) is 83.5 Å². The smallest absolute Gasteiger partial charge is 0.324 e. The van der Waals surface area contributed by atoms with Crippen molar-refractivity contribution in [1.82, 2.24) is 10.4 Å². The highest BCUT2D eigenvalue weighted by molar-refractivity contribution is 6.12. The number of carboxylic acid groups (broad SMARTS) is 3. The molecule has 260 valence electrons. The van der Waals surface area contributed by atoms with Gasteiger partial charge in [-0.1, -0.05) is 19.3 Å². The molecule has 0 bridgehead atoms. The number of nitrogens with zero attached hydrogens (tertiary/aromatic N) is 1. The quantitative estimate of drug-likeness (QED) is 0.0370. The van der Waals surface area contributed by atoms with Gasteiger partial charge in [-0.25, -0.2) is 0 Å². The van der Waals surface area contributed by atoms with Gasteiger partial charge in [-0.2, -0.15) is 0 Å². The van der Waals surface area contributed by atoms with Crippen molar-refractivity contribution in [3.63, 3.8) is 0 Å². The Morgan fingerprint density at radius 2 is 1.11 bits per heavy atom. The highest BCUT2D eigenvalue weighted by atomic mass is 16.7. The summed E-state index contributed by atoms with van der Waals surface area (Å²) in [6.07, 6.45) is 10.3. The predicted octanol–water partition coefficient (Wildman–Crippen LogP) is -0.844. The number of aliphatic carboxylic acids is 3. The Morgan fingerprint density at radius 1 is 0.667 bits per heavy atom. The Morgan fingerprint density at radius 3 is 1.51 bits per heavy atom. The number of carboxylic acids is 3. The second kappa shape index (κ2) is 28.0. The second-order valence-electron chi connectivity index (χ2n) is 10.2. The minimum absolute atomic E-state index is 0.127. The number of unbranched alkanes of at least 4 members (excludes halogenated alkanes) is 5. The summed E-state index contributed by atoms with van der Waals surface area (Å²) in [7, 11) is 0. The van der Waals surface area contributed by atoms with E-state index in [1.165, 1.54) is 12.2 Å². The first-order chi connectivity index (χ1) is 21.3.